The van der Waals surface area contributed by atoms with Crippen LogP contribution in [0.25, 0.3) is 0 Å². The van der Waals surface area contributed by atoms with Crippen LogP contribution in [-0.4, -0.2) is 20.1 Å². The molecule has 2 N–H and O–H groups in total. The molecule has 0 saturated heterocycles. The normalized spacial score (nSPS) is 13.1. The first kappa shape index (κ1) is 15.9. The number of nitrogens with one attached hydrogen (secondary N) is 1. The van der Waals surface area contributed by atoms with Crippen LogP contribution in [0.5, 0.6) is 0 Å². The molecule has 0 unspecified atom stereocenters. The summed E-state index contributed by atoms with van der Waals surface area (Å²) in [4.78, 5) is -0.551. The van der Waals surface area contributed by atoms with Crippen LogP contribution >= 0.6 is 11.6 Å². The third-order valence-corrected chi connectivity index (χ3v) is 4.67. The first-order valence-corrected chi connectivity index (χ1v) is 7.94. The van der Waals surface area contributed by atoms with Crippen molar-refractivity contribution in [2.24, 2.45) is 0 Å². The van der Waals surface area contributed by atoms with Gasteiger partial charge in [0.2, 0.25) is 10.0 Å². The molecule has 1 atom stereocenters. The van der Waals surface area contributed by atoms with Crippen LogP contribution < -0.4 is 4.72 Å². The third-order valence-electron chi connectivity index (χ3n) is 2.89. The van der Waals surface area contributed by atoms with E-state index in [0.29, 0.717) is 5.56 Å². The van der Waals surface area contributed by atoms with E-state index < -0.39 is 33.4 Å². The molecule has 0 fully saturated rings. The van der Waals surface area contributed by atoms with Gasteiger partial charge in [-0.2, -0.15) is 0 Å². The van der Waals surface area contributed by atoms with Gasteiger partial charge in [-0.05, 0) is 17.7 Å². The van der Waals surface area contributed by atoms with E-state index in [-0.39, 0.29) is 5.02 Å². The van der Waals surface area contributed by atoms with Crippen LogP contribution in [0.1, 0.15) is 11.6 Å². The highest BCUT2D eigenvalue weighted by molar-refractivity contribution is 7.89. The van der Waals surface area contributed by atoms with Crippen LogP contribution in [0, 0.1) is 5.82 Å². The zero-order valence-electron chi connectivity index (χ0n) is 10.8. The summed E-state index contributed by atoms with van der Waals surface area (Å²) in [5, 5.41) is 9.09. The fraction of sp³-hybridized carbons (Fsp3) is 0.143. The van der Waals surface area contributed by atoms with Gasteiger partial charge in [0.1, 0.15) is 4.90 Å². The van der Waals surface area contributed by atoms with Crippen molar-refractivity contribution >= 4 is 21.6 Å². The fourth-order valence-electron chi connectivity index (χ4n) is 1.84. The van der Waals surface area contributed by atoms with Crippen LogP contribution in [0.4, 0.5) is 4.39 Å². The van der Waals surface area contributed by atoms with E-state index >= 15 is 0 Å². The Morgan fingerprint density at radius 2 is 1.81 bits per heavy atom. The Balaban J connectivity index is 2.34. The van der Waals surface area contributed by atoms with E-state index in [0.717, 1.165) is 6.07 Å². The van der Waals surface area contributed by atoms with Crippen molar-refractivity contribution in [1.82, 2.24) is 4.72 Å². The second kappa shape index (κ2) is 6.53. The molecule has 0 aliphatic heterocycles. The zero-order valence-corrected chi connectivity index (χ0v) is 12.4. The van der Waals surface area contributed by atoms with E-state index in [2.05, 4.69) is 4.72 Å². The highest BCUT2D eigenvalue weighted by Crippen LogP contribution is 2.23. The number of benzene rings is 2. The van der Waals surface area contributed by atoms with E-state index in [1.54, 1.807) is 30.3 Å². The first-order valence-electron chi connectivity index (χ1n) is 6.08. The summed E-state index contributed by atoms with van der Waals surface area (Å²) in [7, 11) is -4.14. The molecule has 0 amide bonds. The van der Waals surface area contributed by atoms with Gasteiger partial charge >= 0.3 is 0 Å². The lowest BCUT2D eigenvalue weighted by molar-refractivity contribution is 0.258. The molecule has 2 aromatic carbocycles. The number of hydrogen-bond acceptors (Lipinski definition) is 3. The second-order valence-corrected chi connectivity index (χ2v) is 6.41. The number of sulfonamides is 1. The molecule has 0 heterocycles. The molecule has 0 spiro atoms. The average Bonchev–Trinajstić information content (AvgIpc) is 2.48. The summed E-state index contributed by atoms with van der Waals surface area (Å²) >= 11 is 5.59. The molecule has 0 saturated carbocycles. The van der Waals surface area contributed by atoms with Gasteiger partial charge in [0.05, 0.1) is 17.7 Å². The topological polar surface area (TPSA) is 66.4 Å². The van der Waals surface area contributed by atoms with Gasteiger partial charge in [-0.1, -0.05) is 48.0 Å². The molecule has 2 aromatic rings. The van der Waals surface area contributed by atoms with Gasteiger partial charge < -0.3 is 5.11 Å². The Morgan fingerprint density at radius 3 is 2.43 bits per heavy atom. The van der Waals surface area contributed by atoms with Crippen molar-refractivity contribution in [2.45, 2.75) is 10.9 Å². The molecule has 112 valence electrons. The smallest absolute Gasteiger partial charge is 0.244 e. The SMILES string of the molecule is O=S(=O)(N[C@@H](CO)c1ccccc1)c1cccc(Cl)c1F. The van der Waals surface area contributed by atoms with Gasteiger partial charge in [0, 0.05) is 0 Å². The summed E-state index contributed by atoms with van der Waals surface area (Å²) in [6.07, 6.45) is 0. The highest BCUT2D eigenvalue weighted by Gasteiger charge is 2.24. The largest absolute Gasteiger partial charge is 0.394 e. The van der Waals surface area contributed by atoms with Crippen molar-refractivity contribution in [3.05, 3.63) is 64.9 Å². The maximum absolute atomic E-state index is 13.8. The minimum Gasteiger partial charge on any atom is -0.394 e. The van der Waals surface area contributed by atoms with Crippen LogP contribution in [0.2, 0.25) is 5.02 Å². The summed E-state index contributed by atoms with van der Waals surface area (Å²) in [5.74, 6) is -1.02. The van der Waals surface area contributed by atoms with Crippen LogP contribution in [0.3, 0.4) is 0 Å². The average molecular weight is 330 g/mol. The monoisotopic (exact) mass is 329 g/mol. The zero-order chi connectivity index (χ0) is 15.5. The van der Waals surface area contributed by atoms with Gasteiger partial charge in [-0.15, -0.1) is 0 Å². The van der Waals surface area contributed by atoms with Gasteiger partial charge in [0.15, 0.2) is 5.82 Å². The lowest BCUT2D eigenvalue weighted by atomic mass is 10.1. The van der Waals surface area contributed by atoms with Gasteiger partial charge in [-0.3, -0.25) is 0 Å². The Morgan fingerprint density at radius 1 is 1.14 bits per heavy atom. The van der Waals surface area contributed by atoms with Gasteiger partial charge in [-0.25, -0.2) is 17.5 Å². The van der Waals surface area contributed by atoms with Crippen LogP contribution in [0.15, 0.2) is 53.4 Å². The molecule has 0 aliphatic carbocycles. The molecule has 7 heteroatoms. The van der Waals surface area contributed by atoms with E-state index in [1.165, 1.54) is 12.1 Å². The number of aliphatic hydroxyl groups is 1. The Hall–Kier alpha value is -1.47. The molecule has 0 radical (unpaired) electrons. The summed E-state index contributed by atoms with van der Waals surface area (Å²) in [6.45, 7) is -0.453. The minimum atomic E-state index is -4.14. The molecule has 0 bridgehead atoms. The second-order valence-electron chi connectivity index (χ2n) is 4.32. The third kappa shape index (κ3) is 3.59. The number of aliphatic hydroxyl groups excluding tert-OH is 1. The maximum atomic E-state index is 13.8. The highest BCUT2D eigenvalue weighted by atomic mass is 35.5. The van der Waals surface area contributed by atoms with Crippen molar-refractivity contribution < 1.29 is 17.9 Å². The molecule has 2 rings (SSSR count). The number of rotatable bonds is 5. The van der Waals surface area contributed by atoms with Crippen molar-refractivity contribution in [1.29, 1.82) is 0 Å². The summed E-state index contributed by atoms with van der Waals surface area (Å²) < 4.78 is 40.6. The molecular formula is C14H13ClFNO3S. The number of hydrogen-bond donors (Lipinski definition) is 2. The first-order chi connectivity index (χ1) is 9.95. The minimum absolute atomic E-state index is 0.280. The predicted octanol–water partition coefficient (Wildman–Crippen LogP) is 2.49. The summed E-state index contributed by atoms with van der Waals surface area (Å²) in [5.41, 5.74) is 0.575. The van der Waals surface area contributed by atoms with Gasteiger partial charge in [0.25, 0.3) is 0 Å². The fourth-order valence-corrected chi connectivity index (χ4v) is 3.38. The van der Waals surface area contributed by atoms with Crippen LogP contribution in [-0.2, 0) is 10.0 Å². The molecular weight excluding hydrogens is 317 g/mol. The Kier molecular flexibility index (Phi) is 4.95. The molecule has 0 aliphatic rings. The summed E-state index contributed by atoms with van der Waals surface area (Å²) in [6, 6.07) is 11.4. The van der Waals surface area contributed by atoms with Crippen molar-refractivity contribution in [3.63, 3.8) is 0 Å². The molecule has 21 heavy (non-hydrogen) atoms. The predicted molar refractivity (Wildman–Crippen MR) is 78.0 cm³/mol. The van der Waals surface area contributed by atoms with E-state index in [9.17, 15) is 17.9 Å². The lowest BCUT2D eigenvalue weighted by Crippen LogP contribution is -2.31. The standard InChI is InChI=1S/C14H13ClFNO3S/c15-11-7-4-8-13(14(11)16)21(19,20)17-12(9-18)10-5-2-1-3-6-10/h1-8,12,17-18H,9H2/t12-/m0/s1. The maximum Gasteiger partial charge on any atom is 0.244 e. The molecule has 0 aromatic heterocycles. The van der Waals surface area contributed by atoms with E-state index in [1.807, 2.05) is 0 Å². The van der Waals surface area contributed by atoms with Crippen molar-refractivity contribution in [2.75, 3.05) is 6.61 Å². The van der Waals surface area contributed by atoms with Crippen molar-refractivity contribution in [3.8, 4) is 0 Å². The Labute approximate surface area is 127 Å². The Bertz CT molecular complexity index is 722. The quantitative estimate of drug-likeness (QED) is 0.885. The number of halogens is 2. The van der Waals surface area contributed by atoms with E-state index in [4.69, 9.17) is 11.6 Å². The molecule has 4 nitrogen and oxygen atoms in total. The lowest BCUT2D eigenvalue weighted by Gasteiger charge is -2.17.